The summed E-state index contributed by atoms with van der Waals surface area (Å²) in [4.78, 5) is 0. The molecule has 16 heavy (non-hydrogen) atoms. The molecule has 1 atom stereocenters. The van der Waals surface area contributed by atoms with E-state index in [0.717, 1.165) is 19.4 Å². The van der Waals surface area contributed by atoms with Crippen LogP contribution in [-0.4, -0.2) is 22.3 Å². The number of hydrogen-bond acceptors (Lipinski definition) is 5. The summed E-state index contributed by atoms with van der Waals surface area (Å²) in [6, 6.07) is 0. The molecule has 0 saturated carbocycles. The van der Waals surface area contributed by atoms with Gasteiger partial charge in [-0.15, -0.1) is 10.2 Å². The van der Waals surface area contributed by atoms with E-state index >= 15 is 0 Å². The van der Waals surface area contributed by atoms with Gasteiger partial charge in [-0.2, -0.15) is 0 Å². The van der Waals surface area contributed by atoms with Crippen LogP contribution in [-0.2, 0) is 11.3 Å². The Morgan fingerprint density at radius 1 is 1.38 bits per heavy atom. The molecule has 0 aromatic carbocycles. The summed E-state index contributed by atoms with van der Waals surface area (Å²) in [5.74, 6) is 1.24. The van der Waals surface area contributed by atoms with Gasteiger partial charge in [0.25, 0.3) is 0 Å². The Labute approximate surface area is 95.6 Å². The first-order valence-corrected chi connectivity index (χ1v) is 5.73. The number of aromatic nitrogens is 2. The van der Waals surface area contributed by atoms with Crippen molar-refractivity contribution >= 4 is 0 Å². The van der Waals surface area contributed by atoms with E-state index in [1.54, 1.807) is 0 Å². The average molecular weight is 225 g/mol. The quantitative estimate of drug-likeness (QED) is 0.850. The number of nitrogens with one attached hydrogen (secondary N) is 1. The van der Waals surface area contributed by atoms with Crippen LogP contribution in [0.5, 0.6) is 0 Å². The van der Waals surface area contributed by atoms with Gasteiger partial charge >= 0.3 is 0 Å². The summed E-state index contributed by atoms with van der Waals surface area (Å²) in [6.45, 7) is 7.70. The second kappa shape index (κ2) is 4.51. The second-order valence-corrected chi connectivity index (χ2v) is 5.14. The molecule has 2 heterocycles. The van der Waals surface area contributed by atoms with Crippen molar-refractivity contribution in [1.82, 2.24) is 15.5 Å². The Kier molecular flexibility index (Phi) is 3.25. The van der Waals surface area contributed by atoms with Gasteiger partial charge in [-0.1, -0.05) is 0 Å². The van der Waals surface area contributed by atoms with E-state index in [9.17, 15) is 0 Å². The van der Waals surface area contributed by atoms with E-state index in [-0.39, 0.29) is 11.6 Å². The highest BCUT2D eigenvalue weighted by Gasteiger charge is 2.23. The topological polar surface area (TPSA) is 60.2 Å². The van der Waals surface area contributed by atoms with Crippen LogP contribution >= 0.6 is 0 Å². The normalized spacial score (nSPS) is 21.6. The third kappa shape index (κ3) is 3.02. The Balaban J connectivity index is 1.91. The van der Waals surface area contributed by atoms with Gasteiger partial charge in [-0.3, -0.25) is 0 Å². The maximum Gasteiger partial charge on any atom is 0.245 e. The van der Waals surface area contributed by atoms with Crippen LogP contribution in [0.15, 0.2) is 4.42 Å². The van der Waals surface area contributed by atoms with Crippen LogP contribution in [0.25, 0.3) is 0 Å². The van der Waals surface area contributed by atoms with E-state index < -0.39 is 0 Å². The lowest BCUT2D eigenvalue weighted by molar-refractivity contribution is 0.0878. The average Bonchev–Trinajstić information content (AvgIpc) is 2.84. The van der Waals surface area contributed by atoms with Crippen molar-refractivity contribution < 1.29 is 9.15 Å². The molecule has 5 nitrogen and oxygen atoms in total. The third-order valence-corrected chi connectivity index (χ3v) is 2.46. The molecule has 90 valence electrons. The summed E-state index contributed by atoms with van der Waals surface area (Å²) in [5, 5.41) is 11.3. The molecular weight excluding hydrogens is 206 g/mol. The maximum absolute atomic E-state index is 5.55. The van der Waals surface area contributed by atoms with E-state index in [4.69, 9.17) is 9.15 Å². The molecule has 1 aliphatic heterocycles. The van der Waals surface area contributed by atoms with Crippen molar-refractivity contribution in [1.29, 1.82) is 0 Å². The molecule has 1 N–H and O–H groups in total. The number of hydrogen-bond donors (Lipinski definition) is 1. The van der Waals surface area contributed by atoms with Crippen LogP contribution in [0.4, 0.5) is 0 Å². The lowest BCUT2D eigenvalue weighted by Crippen LogP contribution is -2.35. The van der Waals surface area contributed by atoms with E-state index in [1.807, 2.05) is 0 Å². The van der Waals surface area contributed by atoms with Gasteiger partial charge in [-0.25, -0.2) is 0 Å². The van der Waals surface area contributed by atoms with Gasteiger partial charge in [0.15, 0.2) is 0 Å². The molecule has 1 aromatic rings. The molecule has 1 unspecified atom stereocenters. The van der Waals surface area contributed by atoms with Crippen molar-refractivity contribution in [2.75, 3.05) is 6.61 Å². The Morgan fingerprint density at radius 3 is 2.81 bits per heavy atom. The van der Waals surface area contributed by atoms with E-state index in [0.29, 0.717) is 18.3 Å². The predicted octanol–water partition coefficient (Wildman–Crippen LogP) is 1.81. The Morgan fingerprint density at radius 2 is 2.19 bits per heavy atom. The molecule has 1 saturated heterocycles. The first-order valence-electron chi connectivity index (χ1n) is 5.73. The smallest absolute Gasteiger partial charge is 0.245 e. The molecule has 0 radical (unpaired) electrons. The van der Waals surface area contributed by atoms with Crippen molar-refractivity contribution in [3.05, 3.63) is 11.8 Å². The minimum Gasteiger partial charge on any atom is -0.421 e. The number of nitrogens with zero attached hydrogens (tertiary/aromatic N) is 2. The zero-order chi connectivity index (χ0) is 11.6. The van der Waals surface area contributed by atoms with Crippen molar-refractivity contribution in [3.8, 4) is 0 Å². The highest BCUT2D eigenvalue weighted by atomic mass is 16.5. The molecular formula is C11H19N3O2. The van der Waals surface area contributed by atoms with E-state index in [1.165, 1.54) is 0 Å². The predicted molar refractivity (Wildman–Crippen MR) is 58.8 cm³/mol. The van der Waals surface area contributed by atoms with Crippen molar-refractivity contribution in [3.63, 3.8) is 0 Å². The summed E-state index contributed by atoms with van der Waals surface area (Å²) >= 11 is 0. The fourth-order valence-electron chi connectivity index (χ4n) is 1.58. The second-order valence-electron chi connectivity index (χ2n) is 5.14. The summed E-state index contributed by atoms with van der Waals surface area (Å²) < 4.78 is 11.0. The third-order valence-electron chi connectivity index (χ3n) is 2.46. The number of ether oxygens (including phenoxy) is 1. The minimum atomic E-state index is 0.0101. The first-order chi connectivity index (χ1) is 7.54. The molecule has 1 aliphatic rings. The van der Waals surface area contributed by atoms with Gasteiger partial charge in [0, 0.05) is 12.1 Å². The SMILES string of the molecule is CC(C)(C)NCc1nnc(C2CCCO2)o1. The zero-order valence-electron chi connectivity index (χ0n) is 10.1. The molecule has 1 aromatic heterocycles. The highest BCUT2D eigenvalue weighted by molar-refractivity contribution is 4.89. The van der Waals surface area contributed by atoms with Gasteiger partial charge in [0.05, 0.1) is 6.54 Å². The molecule has 5 heteroatoms. The zero-order valence-corrected chi connectivity index (χ0v) is 10.1. The van der Waals surface area contributed by atoms with Crippen LogP contribution in [0.1, 0.15) is 51.5 Å². The molecule has 1 fully saturated rings. The largest absolute Gasteiger partial charge is 0.421 e. The fourth-order valence-corrected chi connectivity index (χ4v) is 1.58. The lowest BCUT2D eigenvalue weighted by Gasteiger charge is -2.18. The monoisotopic (exact) mass is 225 g/mol. The van der Waals surface area contributed by atoms with Crippen LogP contribution in [0, 0.1) is 0 Å². The van der Waals surface area contributed by atoms with Crippen molar-refractivity contribution in [2.45, 2.75) is 51.8 Å². The Hall–Kier alpha value is -0.940. The van der Waals surface area contributed by atoms with Crippen LogP contribution in [0.3, 0.4) is 0 Å². The summed E-state index contributed by atoms with van der Waals surface area (Å²) in [7, 11) is 0. The molecule has 0 aliphatic carbocycles. The molecule has 0 spiro atoms. The van der Waals surface area contributed by atoms with E-state index in [2.05, 4.69) is 36.3 Å². The van der Waals surface area contributed by atoms with Gasteiger partial charge in [0.2, 0.25) is 11.8 Å². The first kappa shape index (κ1) is 11.5. The minimum absolute atomic E-state index is 0.0101. The number of rotatable bonds is 3. The van der Waals surface area contributed by atoms with Gasteiger partial charge in [0.1, 0.15) is 6.10 Å². The summed E-state index contributed by atoms with van der Waals surface area (Å²) in [5.41, 5.74) is 0.0541. The van der Waals surface area contributed by atoms with Crippen LogP contribution < -0.4 is 5.32 Å². The standard InChI is InChI=1S/C11H19N3O2/c1-11(2,3)12-7-9-13-14-10(16-9)8-5-4-6-15-8/h8,12H,4-7H2,1-3H3. The fraction of sp³-hybridized carbons (Fsp3) is 0.818. The van der Waals surface area contributed by atoms with Crippen LogP contribution in [0.2, 0.25) is 0 Å². The molecule has 0 bridgehead atoms. The summed E-state index contributed by atoms with van der Waals surface area (Å²) in [6.07, 6.45) is 2.06. The lowest BCUT2D eigenvalue weighted by atomic mass is 10.1. The maximum atomic E-state index is 5.55. The van der Waals surface area contributed by atoms with Crippen molar-refractivity contribution in [2.24, 2.45) is 0 Å². The molecule has 2 rings (SSSR count). The highest BCUT2D eigenvalue weighted by Crippen LogP contribution is 2.27. The Bertz CT molecular complexity index is 337. The van der Waals surface area contributed by atoms with Gasteiger partial charge < -0.3 is 14.5 Å². The van der Waals surface area contributed by atoms with Gasteiger partial charge in [-0.05, 0) is 33.6 Å². The molecule has 0 amide bonds.